The summed E-state index contributed by atoms with van der Waals surface area (Å²) in [5, 5.41) is 7.81. The van der Waals surface area contributed by atoms with Crippen molar-refractivity contribution in [1.29, 1.82) is 0 Å². The number of benzene rings is 1. The highest BCUT2D eigenvalue weighted by Crippen LogP contribution is 2.30. The Balaban J connectivity index is 2.52. The van der Waals surface area contributed by atoms with Gasteiger partial charge in [0.25, 0.3) is 0 Å². The van der Waals surface area contributed by atoms with E-state index in [0.29, 0.717) is 15.9 Å². The molecule has 0 radical (unpaired) electrons. The van der Waals surface area contributed by atoms with E-state index in [1.807, 2.05) is 0 Å². The van der Waals surface area contributed by atoms with Gasteiger partial charge in [-0.25, -0.2) is 9.07 Å². The minimum atomic E-state index is -0.420. The van der Waals surface area contributed by atoms with Gasteiger partial charge in [0, 0.05) is 4.47 Å². The SMILES string of the molecule is CC(Cl)c1cn(-c2c(Cl)cc(F)cc2Br)nn1. The predicted molar refractivity (Wildman–Crippen MR) is 68.3 cm³/mol. The van der Waals surface area contributed by atoms with Crippen molar-refractivity contribution < 1.29 is 4.39 Å². The molecule has 0 aliphatic rings. The summed E-state index contributed by atoms with van der Waals surface area (Å²) in [7, 11) is 0. The van der Waals surface area contributed by atoms with Gasteiger partial charge in [-0.05, 0) is 35.0 Å². The van der Waals surface area contributed by atoms with E-state index in [0.717, 1.165) is 0 Å². The fourth-order valence-corrected chi connectivity index (χ4v) is 2.44. The number of nitrogens with zero attached hydrogens (tertiary/aromatic N) is 3. The largest absolute Gasteiger partial charge is 0.218 e. The zero-order valence-corrected chi connectivity index (χ0v) is 11.8. The molecule has 90 valence electrons. The second-order valence-corrected chi connectivity index (χ2v) is 5.34. The van der Waals surface area contributed by atoms with Crippen LogP contribution >= 0.6 is 39.1 Å². The highest BCUT2D eigenvalue weighted by atomic mass is 79.9. The summed E-state index contributed by atoms with van der Waals surface area (Å²) in [6, 6.07) is 2.53. The normalized spacial score (nSPS) is 12.8. The molecule has 0 bridgehead atoms. The summed E-state index contributed by atoms with van der Waals surface area (Å²) >= 11 is 15.1. The number of hydrogen-bond acceptors (Lipinski definition) is 2. The first-order valence-corrected chi connectivity index (χ1v) is 6.31. The van der Waals surface area contributed by atoms with Gasteiger partial charge in [-0.1, -0.05) is 16.8 Å². The lowest BCUT2D eigenvalue weighted by atomic mass is 10.3. The lowest BCUT2D eigenvalue weighted by molar-refractivity contribution is 0.625. The van der Waals surface area contributed by atoms with E-state index in [1.165, 1.54) is 16.8 Å². The zero-order chi connectivity index (χ0) is 12.6. The molecule has 1 atom stereocenters. The molecule has 0 aliphatic heterocycles. The van der Waals surface area contributed by atoms with Crippen LogP contribution in [0.2, 0.25) is 5.02 Å². The molecule has 1 aromatic carbocycles. The van der Waals surface area contributed by atoms with Crippen LogP contribution in [0, 0.1) is 5.82 Å². The third-order valence-corrected chi connectivity index (χ3v) is 3.25. The highest BCUT2D eigenvalue weighted by Gasteiger charge is 2.14. The van der Waals surface area contributed by atoms with E-state index >= 15 is 0 Å². The van der Waals surface area contributed by atoms with E-state index in [1.54, 1.807) is 13.1 Å². The van der Waals surface area contributed by atoms with Crippen LogP contribution in [0.15, 0.2) is 22.8 Å². The Kier molecular flexibility index (Phi) is 3.70. The van der Waals surface area contributed by atoms with E-state index in [9.17, 15) is 4.39 Å². The topological polar surface area (TPSA) is 30.7 Å². The van der Waals surface area contributed by atoms with Gasteiger partial charge < -0.3 is 0 Å². The third-order valence-electron chi connectivity index (χ3n) is 2.13. The van der Waals surface area contributed by atoms with Gasteiger partial charge in [-0.2, -0.15) is 0 Å². The van der Waals surface area contributed by atoms with Gasteiger partial charge in [0.1, 0.15) is 11.5 Å². The first-order chi connectivity index (χ1) is 7.99. The maximum absolute atomic E-state index is 13.1. The lowest BCUT2D eigenvalue weighted by Crippen LogP contribution is -1.98. The standard InChI is InChI=1S/C10H7BrCl2FN3/c1-5(12)9-4-17(16-15-9)10-7(11)2-6(14)3-8(10)13/h2-5H,1H3. The quantitative estimate of drug-likeness (QED) is 0.771. The number of aromatic nitrogens is 3. The summed E-state index contributed by atoms with van der Waals surface area (Å²) in [4.78, 5) is 0. The molecule has 2 aromatic rings. The average Bonchev–Trinajstić information content (AvgIpc) is 2.65. The zero-order valence-electron chi connectivity index (χ0n) is 8.66. The summed E-state index contributed by atoms with van der Waals surface area (Å²) in [5.41, 5.74) is 1.16. The summed E-state index contributed by atoms with van der Waals surface area (Å²) in [6.45, 7) is 1.79. The minimum absolute atomic E-state index is 0.246. The maximum Gasteiger partial charge on any atom is 0.125 e. The van der Waals surface area contributed by atoms with Gasteiger partial charge >= 0.3 is 0 Å². The Bertz CT molecular complexity index is 533. The van der Waals surface area contributed by atoms with Gasteiger partial charge in [0.15, 0.2) is 0 Å². The van der Waals surface area contributed by atoms with Crippen molar-refractivity contribution in [3.63, 3.8) is 0 Å². The third kappa shape index (κ3) is 2.61. The summed E-state index contributed by atoms with van der Waals surface area (Å²) < 4.78 is 15.0. The van der Waals surface area contributed by atoms with Crippen molar-refractivity contribution in [2.45, 2.75) is 12.3 Å². The molecule has 0 saturated carbocycles. The lowest BCUT2D eigenvalue weighted by Gasteiger charge is -2.06. The molecule has 2 rings (SSSR count). The fraction of sp³-hybridized carbons (Fsp3) is 0.200. The Hall–Kier alpha value is -0.650. The van der Waals surface area contributed by atoms with E-state index in [2.05, 4.69) is 26.2 Å². The highest BCUT2D eigenvalue weighted by molar-refractivity contribution is 9.10. The molecule has 0 N–H and O–H groups in total. The Morgan fingerprint density at radius 2 is 2.18 bits per heavy atom. The van der Waals surface area contributed by atoms with Crippen LogP contribution in [-0.2, 0) is 0 Å². The minimum Gasteiger partial charge on any atom is -0.218 e. The number of rotatable bonds is 2. The van der Waals surface area contributed by atoms with Crippen LogP contribution in [0.1, 0.15) is 18.0 Å². The van der Waals surface area contributed by atoms with Crippen LogP contribution in [-0.4, -0.2) is 15.0 Å². The van der Waals surface area contributed by atoms with Crippen LogP contribution in [0.3, 0.4) is 0 Å². The molecule has 0 spiro atoms. The number of halogens is 4. The molecule has 0 fully saturated rings. The van der Waals surface area contributed by atoms with Crippen molar-refractivity contribution in [2.24, 2.45) is 0 Å². The van der Waals surface area contributed by atoms with Crippen molar-refractivity contribution >= 4 is 39.1 Å². The molecule has 0 aliphatic carbocycles. The molecule has 1 unspecified atom stereocenters. The van der Waals surface area contributed by atoms with Crippen LogP contribution in [0.25, 0.3) is 5.69 Å². The van der Waals surface area contributed by atoms with Crippen molar-refractivity contribution in [3.05, 3.63) is 39.3 Å². The summed E-state index contributed by atoms with van der Waals surface area (Å²) in [5.74, 6) is -0.420. The first kappa shape index (κ1) is 12.8. The molecule has 3 nitrogen and oxygen atoms in total. The predicted octanol–water partition coefficient (Wildman–Crippen LogP) is 4.12. The van der Waals surface area contributed by atoms with E-state index < -0.39 is 5.82 Å². The average molecular weight is 339 g/mol. The van der Waals surface area contributed by atoms with Crippen LogP contribution in [0.5, 0.6) is 0 Å². The van der Waals surface area contributed by atoms with Gasteiger partial charge in [0.2, 0.25) is 0 Å². The first-order valence-electron chi connectivity index (χ1n) is 4.70. The Morgan fingerprint density at radius 1 is 1.47 bits per heavy atom. The molecule has 17 heavy (non-hydrogen) atoms. The van der Waals surface area contributed by atoms with Crippen LogP contribution < -0.4 is 0 Å². The Morgan fingerprint density at radius 3 is 2.71 bits per heavy atom. The van der Waals surface area contributed by atoms with Gasteiger partial charge in [0.05, 0.1) is 22.3 Å². The second kappa shape index (κ2) is 4.92. The maximum atomic E-state index is 13.1. The smallest absolute Gasteiger partial charge is 0.125 e. The molecule has 0 saturated heterocycles. The molecule has 0 amide bonds. The van der Waals surface area contributed by atoms with Crippen molar-refractivity contribution in [2.75, 3.05) is 0 Å². The molecular weight excluding hydrogens is 332 g/mol. The van der Waals surface area contributed by atoms with Gasteiger partial charge in [-0.15, -0.1) is 16.7 Å². The van der Waals surface area contributed by atoms with Gasteiger partial charge in [-0.3, -0.25) is 0 Å². The van der Waals surface area contributed by atoms with Crippen molar-refractivity contribution in [1.82, 2.24) is 15.0 Å². The van der Waals surface area contributed by atoms with Crippen LogP contribution in [0.4, 0.5) is 4.39 Å². The summed E-state index contributed by atoms with van der Waals surface area (Å²) in [6.07, 6.45) is 1.65. The number of hydrogen-bond donors (Lipinski definition) is 0. The van der Waals surface area contributed by atoms with Crippen molar-refractivity contribution in [3.8, 4) is 5.69 Å². The molecule has 1 aromatic heterocycles. The molecule has 1 heterocycles. The van der Waals surface area contributed by atoms with E-state index in [-0.39, 0.29) is 10.4 Å². The second-order valence-electron chi connectivity index (χ2n) is 3.42. The van der Waals surface area contributed by atoms with E-state index in [4.69, 9.17) is 23.2 Å². The monoisotopic (exact) mass is 337 g/mol. The molecule has 7 heteroatoms. The molecular formula is C10H7BrCl2FN3. The number of alkyl halides is 1. The Labute approximate surface area is 116 Å². The fourth-order valence-electron chi connectivity index (χ4n) is 1.32.